The van der Waals surface area contributed by atoms with Crippen molar-refractivity contribution >= 4 is 47.5 Å². The van der Waals surface area contributed by atoms with E-state index < -0.39 is 59.6 Å². The average molecular weight is 631 g/mol. The molecule has 16 nitrogen and oxygen atoms in total. The van der Waals surface area contributed by atoms with Gasteiger partial charge in [-0.2, -0.15) is 0 Å². The fourth-order valence-corrected chi connectivity index (χ4v) is 3.96. The molecule has 0 rings (SSSR count). The average Bonchev–Trinajstić information content (AvgIpc) is 3.00. The highest BCUT2D eigenvalue weighted by atomic mass is 16.5. The molecule has 0 saturated heterocycles. The predicted octanol–water partition coefficient (Wildman–Crippen LogP) is -0.582. The maximum absolute atomic E-state index is 13.5. The number of carbonyl (C=O) groups excluding carboxylic acids is 8. The Hall–Kier alpha value is -4.24. The minimum Gasteiger partial charge on any atom is -0.467 e. The highest BCUT2D eigenvalue weighted by Gasteiger charge is 2.33. The van der Waals surface area contributed by atoms with Crippen LogP contribution in [0.15, 0.2) is 0 Å². The van der Waals surface area contributed by atoms with Gasteiger partial charge in [-0.25, -0.2) is 19.2 Å². The number of ether oxygens (including phenoxy) is 4. The van der Waals surface area contributed by atoms with Gasteiger partial charge in [0.25, 0.3) is 0 Å². The second-order valence-electron chi connectivity index (χ2n) is 9.62. The second-order valence-corrected chi connectivity index (χ2v) is 9.62. The molecule has 0 fully saturated rings. The smallest absolute Gasteiger partial charge is 0.396 e. The molecule has 250 valence electrons. The van der Waals surface area contributed by atoms with Crippen molar-refractivity contribution in [3.63, 3.8) is 0 Å². The van der Waals surface area contributed by atoms with Crippen LogP contribution in [0.5, 0.6) is 0 Å². The van der Waals surface area contributed by atoms with Crippen molar-refractivity contribution in [2.24, 2.45) is 0 Å². The van der Waals surface area contributed by atoms with Gasteiger partial charge in [-0.15, -0.1) is 0 Å². The number of nitrogens with zero attached hydrogens (tertiary/aromatic N) is 3. The first-order chi connectivity index (χ1) is 20.8. The Morgan fingerprint density at radius 3 is 1.50 bits per heavy atom. The molecule has 2 atom stereocenters. The molecule has 0 radical (unpaired) electrons. The first-order valence-corrected chi connectivity index (χ1v) is 14.4. The summed E-state index contributed by atoms with van der Waals surface area (Å²) in [5.74, 6) is -7.31. The van der Waals surface area contributed by atoms with E-state index in [9.17, 15) is 38.4 Å². The number of amides is 4. The molecule has 4 amide bonds. The van der Waals surface area contributed by atoms with E-state index in [2.05, 4.69) is 5.32 Å². The lowest BCUT2D eigenvalue weighted by atomic mass is 10.0. The van der Waals surface area contributed by atoms with Crippen LogP contribution < -0.4 is 5.32 Å². The molecule has 0 aliphatic heterocycles. The fraction of sp³-hybridized carbons (Fsp3) is 0.714. The summed E-state index contributed by atoms with van der Waals surface area (Å²) < 4.78 is 19.0. The monoisotopic (exact) mass is 630 g/mol. The summed E-state index contributed by atoms with van der Waals surface area (Å²) in [6.07, 6.45) is 1.54. The van der Waals surface area contributed by atoms with Gasteiger partial charge in [0.05, 0.1) is 26.9 Å². The standard InChI is InChI=1S/C28H46N4O12/c1-8-42-26(38)21(33)29-19(15-11-13-17-30(4)23(35)27(39)43-9-2)22(34)32(6)20(25(37)41-7)16-12-14-18-31(5)24(36)28(40)44-10-3/h19-20H,8-18H2,1-7H3,(H,29,33). The van der Waals surface area contributed by atoms with Crippen LogP contribution in [0.2, 0.25) is 0 Å². The third-order valence-electron chi connectivity index (χ3n) is 6.40. The van der Waals surface area contributed by atoms with Crippen molar-refractivity contribution in [2.75, 3.05) is 61.2 Å². The molecule has 44 heavy (non-hydrogen) atoms. The molecule has 1 N–H and O–H groups in total. The van der Waals surface area contributed by atoms with Crippen molar-refractivity contribution in [1.29, 1.82) is 0 Å². The summed E-state index contributed by atoms with van der Waals surface area (Å²) in [4.78, 5) is 101. The maximum atomic E-state index is 13.5. The SMILES string of the molecule is CCOC(=O)C(=O)NC(CCCCN(C)C(=O)C(=O)OCC)C(=O)N(C)C(CCCCN(C)C(=O)C(=O)OCC)C(=O)OC. The van der Waals surface area contributed by atoms with Gasteiger partial charge >= 0.3 is 41.6 Å². The van der Waals surface area contributed by atoms with Gasteiger partial charge in [-0.3, -0.25) is 19.2 Å². The van der Waals surface area contributed by atoms with E-state index in [1.54, 1.807) is 13.8 Å². The summed E-state index contributed by atoms with van der Waals surface area (Å²) in [5, 5.41) is 2.36. The molecule has 0 aromatic carbocycles. The molecule has 0 bridgehead atoms. The summed E-state index contributed by atoms with van der Waals surface area (Å²) in [7, 11) is 5.38. The van der Waals surface area contributed by atoms with Crippen LogP contribution in [0, 0.1) is 0 Å². The van der Waals surface area contributed by atoms with Crippen molar-refractivity contribution < 1.29 is 57.3 Å². The molecule has 0 heterocycles. The molecular formula is C28H46N4O12. The van der Waals surface area contributed by atoms with Gasteiger partial charge in [0.2, 0.25) is 5.91 Å². The van der Waals surface area contributed by atoms with Crippen LogP contribution in [0.25, 0.3) is 0 Å². The van der Waals surface area contributed by atoms with Crippen LogP contribution in [-0.4, -0.2) is 135 Å². The van der Waals surface area contributed by atoms with Crippen molar-refractivity contribution in [2.45, 2.75) is 71.4 Å². The number of hydrogen-bond acceptors (Lipinski definition) is 12. The number of methoxy groups -OCH3 is 1. The Morgan fingerprint density at radius 1 is 0.636 bits per heavy atom. The maximum Gasteiger partial charge on any atom is 0.396 e. The molecule has 0 spiro atoms. The predicted molar refractivity (Wildman–Crippen MR) is 153 cm³/mol. The fourth-order valence-electron chi connectivity index (χ4n) is 3.96. The number of hydrogen-bond donors (Lipinski definition) is 1. The van der Waals surface area contributed by atoms with Crippen molar-refractivity contribution in [3.8, 4) is 0 Å². The van der Waals surface area contributed by atoms with Gasteiger partial charge in [0, 0.05) is 34.2 Å². The summed E-state index contributed by atoms with van der Waals surface area (Å²) in [6, 6.07) is -2.29. The lowest BCUT2D eigenvalue weighted by Gasteiger charge is -2.30. The first-order valence-electron chi connectivity index (χ1n) is 14.4. The van der Waals surface area contributed by atoms with Crippen molar-refractivity contribution in [1.82, 2.24) is 20.0 Å². The van der Waals surface area contributed by atoms with E-state index in [0.29, 0.717) is 19.3 Å². The number of nitrogens with one attached hydrogen (secondary N) is 1. The van der Waals surface area contributed by atoms with Crippen LogP contribution in [0.1, 0.15) is 59.3 Å². The van der Waals surface area contributed by atoms with E-state index in [-0.39, 0.29) is 52.2 Å². The first kappa shape index (κ1) is 39.8. The lowest BCUT2D eigenvalue weighted by Crippen LogP contribution is -2.53. The van der Waals surface area contributed by atoms with Crippen LogP contribution >= 0.6 is 0 Å². The molecule has 0 aliphatic rings. The Kier molecular flexibility index (Phi) is 19.4. The Balaban J connectivity index is 5.48. The quantitative estimate of drug-likeness (QED) is 0.0931. The summed E-state index contributed by atoms with van der Waals surface area (Å²) in [5.41, 5.74) is 0. The van der Waals surface area contributed by atoms with Gasteiger partial charge in [-0.1, -0.05) is 0 Å². The highest BCUT2D eigenvalue weighted by molar-refractivity contribution is 6.33. The number of likely N-dealkylation sites (N-methyl/N-ethyl adjacent to an activating group) is 3. The zero-order valence-corrected chi connectivity index (χ0v) is 26.7. The molecule has 16 heteroatoms. The minimum absolute atomic E-state index is 0.0322. The number of rotatable bonds is 17. The lowest BCUT2D eigenvalue weighted by molar-refractivity contribution is -0.159. The Bertz CT molecular complexity index is 1020. The van der Waals surface area contributed by atoms with Gasteiger partial charge < -0.3 is 39.0 Å². The van der Waals surface area contributed by atoms with E-state index in [0.717, 1.165) is 12.0 Å². The normalized spacial score (nSPS) is 11.7. The Morgan fingerprint density at radius 2 is 1.07 bits per heavy atom. The number of carbonyl (C=O) groups is 8. The zero-order chi connectivity index (χ0) is 33.8. The van der Waals surface area contributed by atoms with E-state index in [1.807, 2.05) is 0 Å². The van der Waals surface area contributed by atoms with Crippen LogP contribution in [0.3, 0.4) is 0 Å². The second kappa shape index (κ2) is 21.4. The number of unbranched alkanes of at least 4 members (excludes halogenated alkanes) is 2. The van der Waals surface area contributed by atoms with Crippen molar-refractivity contribution in [3.05, 3.63) is 0 Å². The minimum atomic E-state index is -1.23. The Labute approximate surface area is 257 Å². The highest BCUT2D eigenvalue weighted by Crippen LogP contribution is 2.14. The van der Waals surface area contributed by atoms with Gasteiger partial charge in [0.1, 0.15) is 12.1 Å². The molecular weight excluding hydrogens is 584 g/mol. The zero-order valence-electron chi connectivity index (χ0n) is 26.7. The van der Waals surface area contributed by atoms with E-state index in [1.165, 1.54) is 37.9 Å². The van der Waals surface area contributed by atoms with Gasteiger partial charge in [-0.05, 0) is 59.3 Å². The molecule has 0 aromatic rings. The summed E-state index contributed by atoms with van der Waals surface area (Å²) in [6.45, 7) is 5.06. The van der Waals surface area contributed by atoms with Gasteiger partial charge in [0.15, 0.2) is 0 Å². The third kappa shape index (κ3) is 13.8. The number of esters is 4. The molecule has 0 saturated carbocycles. The topological polar surface area (TPSA) is 195 Å². The molecule has 0 aliphatic carbocycles. The van der Waals surface area contributed by atoms with Crippen LogP contribution in [0.4, 0.5) is 0 Å². The molecule has 2 unspecified atom stereocenters. The molecule has 0 aromatic heterocycles. The third-order valence-corrected chi connectivity index (χ3v) is 6.40. The van der Waals surface area contributed by atoms with E-state index >= 15 is 0 Å². The largest absolute Gasteiger partial charge is 0.467 e. The summed E-state index contributed by atoms with van der Waals surface area (Å²) >= 11 is 0. The van der Waals surface area contributed by atoms with Crippen LogP contribution in [-0.2, 0) is 57.3 Å². The van der Waals surface area contributed by atoms with E-state index in [4.69, 9.17) is 18.9 Å².